The fourth-order valence-corrected chi connectivity index (χ4v) is 2.36. The van der Waals surface area contributed by atoms with Gasteiger partial charge in [0.1, 0.15) is 5.82 Å². The van der Waals surface area contributed by atoms with Gasteiger partial charge in [0.05, 0.1) is 17.6 Å². The van der Waals surface area contributed by atoms with E-state index in [-0.39, 0.29) is 18.2 Å². The summed E-state index contributed by atoms with van der Waals surface area (Å²) in [6.45, 7) is 4.39. The highest BCUT2D eigenvalue weighted by Crippen LogP contribution is 2.18. The van der Waals surface area contributed by atoms with Crippen molar-refractivity contribution in [1.29, 1.82) is 0 Å². The van der Waals surface area contributed by atoms with Gasteiger partial charge >= 0.3 is 0 Å². The Morgan fingerprint density at radius 1 is 1.31 bits per heavy atom. The summed E-state index contributed by atoms with van der Waals surface area (Å²) in [6, 6.07) is 4.53. The Morgan fingerprint density at radius 3 is 2.81 bits per heavy atom. The summed E-state index contributed by atoms with van der Waals surface area (Å²) < 4.78 is 34.7. The average Bonchev–Trinajstić information content (AvgIpc) is 3.22. The highest BCUT2D eigenvalue weighted by Gasteiger charge is 2.14. The van der Waals surface area contributed by atoms with E-state index in [0.29, 0.717) is 12.2 Å². The van der Waals surface area contributed by atoms with Crippen LogP contribution in [0.3, 0.4) is 0 Å². The number of ether oxygens (including phenoxy) is 1. The third-order valence-corrected chi connectivity index (χ3v) is 3.77. The number of rotatable bonds is 6. The number of halogens is 2. The summed E-state index contributed by atoms with van der Waals surface area (Å²) in [7, 11) is 0. The second-order valence-electron chi connectivity index (χ2n) is 5.50. The van der Waals surface area contributed by atoms with E-state index in [1.54, 1.807) is 10.9 Å². The van der Waals surface area contributed by atoms with E-state index in [1.165, 1.54) is 23.0 Å². The molecule has 2 heterocycles. The number of hydrogen-bond acceptors (Lipinski definition) is 4. The van der Waals surface area contributed by atoms with Crippen molar-refractivity contribution in [2.24, 2.45) is 0 Å². The van der Waals surface area contributed by atoms with Crippen LogP contribution < -0.4 is 10.1 Å². The molecule has 1 amide bonds. The van der Waals surface area contributed by atoms with Crippen molar-refractivity contribution in [2.45, 2.75) is 27.1 Å². The molecule has 3 aromatic rings. The van der Waals surface area contributed by atoms with Crippen LogP contribution in [0.4, 0.5) is 14.5 Å². The first-order chi connectivity index (χ1) is 12.5. The van der Waals surface area contributed by atoms with Crippen LogP contribution in [-0.4, -0.2) is 25.5 Å². The van der Waals surface area contributed by atoms with Crippen molar-refractivity contribution < 1.29 is 18.3 Å². The molecule has 0 radical (unpaired) electrons. The highest BCUT2D eigenvalue weighted by atomic mass is 19.1. The van der Waals surface area contributed by atoms with E-state index in [4.69, 9.17) is 4.74 Å². The lowest BCUT2D eigenvalue weighted by atomic mass is 10.3. The van der Waals surface area contributed by atoms with E-state index < -0.39 is 17.5 Å². The molecule has 1 aromatic carbocycles. The van der Waals surface area contributed by atoms with E-state index in [0.717, 1.165) is 17.8 Å². The molecule has 0 saturated carbocycles. The van der Waals surface area contributed by atoms with E-state index >= 15 is 0 Å². The topological polar surface area (TPSA) is 74.0 Å². The average molecular weight is 361 g/mol. The molecule has 26 heavy (non-hydrogen) atoms. The summed E-state index contributed by atoms with van der Waals surface area (Å²) in [4.78, 5) is 12.3. The van der Waals surface area contributed by atoms with Gasteiger partial charge in [0.25, 0.3) is 5.91 Å². The molecule has 9 heteroatoms. The van der Waals surface area contributed by atoms with Gasteiger partial charge in [-0.25, -0.2) is 13.5 Å². The zero-order chi connectivity index (χ0) is 18.7. The molecule has 0 fully saturated rings. The van der Waals surface area contributed by atoms with Crippen LogP contribution >= 0.6 is 0 Å². The molecule has 1 N–H and O–H groups in total. The van der Waals surface area contributed by atoms with Crippen molar-refractivity contribution in [3.8, 4) is 5.75 Å². The summed E-state index contributed by atoms with van der Waals surface area (Å²) in [5.41, 5.74) is 1.63. The van der Waals surface area contributed by atoms with Crippen LogP contribution in [-0.2, 0) is 13.3 Å². The Balaban J connectivity index is 1.63. The van der Waals surface area contributed by atoms with Gasteiger partial charge in [0, 0.05) is 18.8 Å². The molecule has 0 atom stereocenters. The normalized spacial score (nSPS) is 10.8. The minimum absolute atomic E-state index is 0.101. The monoisotopic (exact) mass is 361 g/mol. The van der Waals surface area contributed by atoms with Crippen molar-refractivity contribution in [2.75, 3.05) is 5.32 Å². The quantitative estimate of drug-likeness (QED) is 0.733. The molecular formula is C17H17F2N5O2. The van der Waals surface area contributed by atoms with Crippen molar-refractivity contribution >= 4 is 11.6 Å². The molecule has 0 bridgehead atoms. The lowest BCUT2D eigenvalue weighted by Crippen LogP contribution is -2.15. The number of nitrogens with zero attached hydrogens (tertiary/aromatic N) is 4. The molecule has 136 valence electrons. The van der Waals surface area contributed by atoms with E-state index in [2.05, 4.69) is 15.5 Å². The molecule has 0 aliphatic heterocycles. The third-order valence-electron chi connectivity index (χ3n) is 3.77. The fraction of sp³-hybridized carbons (Fsp3) is 0.235. The lowest BCUT2D eigenvalue weighted by molar-refractivity contribution is 0.102. The third kappa shape index (κ3) is 3.71. The van der Waals surface area contributed by atoms with Gasteiger partial charge in [-0.3, -0.25) is 9.48 Å². The van der Waals surface area contributed by atoms with Crippen LogP contribution in [0, 0.1) is 18.6 Å². The van der Waals surface area contributed by atoms with Crippen LogP contribution in [0.2, 0.25) is 0 Å². The Kier molecular flexibility index (Phi) is 4.97. The minimum atomic E-state index is -0.807. The first-order valence-corrected chi connectivity index (χ1v) is 7.93. The lowest BCUT2D eigenvalue weighted by Gasteiger charge is -2.07. The largest absolute Gasteiger partial charge is 0.468 e. The second kappa shape index (κ2) is 7.34. The smallest absolute Gasteiger partial charge is 0.276 e. The zero-order valence-corrected chi connectivity index (χ0v) is 14.2. The van der Waals surface area contributed by atoms with Crippen LogP contribution in [0.5, 0.6) is 5.75 Å². The van der Waals surface area contributed by atoms with Gasteiger partial charge in [0.2, 0.25) is 0 Å². The SMILES string of the molecule is CCn1ncc(NC(=O)c2ccn(COc3ccc(F)cc3F)n2)c1C. The molecular weight excluding hydrogens is 344 g/mol. The Morgan fingerprint density at radius 2 is 2.12 bits per heavy atom. The van der Waals surface area contributed by atoms with E-state index in [9.17, 15) is 13.6 Å². The zero-order valence-electron chi connectivity index (χ0n) is 14.2. The highest BCUT2D eigenvalue weighted by molar-refractivity contribution is 6.03. The van der Waals surface area contributed by atoms with Gasteiger partial charge < -0.3 is 10.1 Å². The minimum Gasteiger partial charge on any atom is -0.468 e. The number of carbonyl (C=O) groups is 1. The standard InChI is InChI=1S/C17H17F2N5O2/c1-3-24-11(2)15(9-20-24)21-17(25)14-6-7-23(22-14)10-26-16-5-4-12(18)8-13(16)19/h4-9H,3,10H2,1-2H3,(H,21,25). The molecule has 0 saturated heterocycles. The Bertz CT molecular complexity index is 935. The first-order valence-electron chi connectivity index (χ1n) is 7.93. The van der Waals surface area contributed by atoms with Gasteiger partial charge in [-0.1, -0.05) is 0 Å². The molecule has 0 unspecified atom stereocenters. The summed E-state index contributed by atoms with van der Waals surface area (Å²) in [5, 5.41) is 11.0. The summed E-state index contributed by atoms with van der Waals surface area (Å²) in [6.07, 6.45) is 3.10. The number of carbonyl (C=O) groups excluding carboxylic acids is 1. The van der Waals surface area contributed by atoms with Crippen LogP contribution in [0.1, 0.15) is 23.1 Å². The predicted molar refractivity (Wildman–Crippen MR) is 89.8 cm³/mol. The number of aromatic nitrogens is 4. The summed E-state index contributed by atoms with van der Waals surface area (Å²) >= 11 is 0. The molecule has 0 aliphatic rings. The van der Waals surface area contributed by atoms with E-state index in [1.807, 2.05) is 13.8 Å². The van der Waals surface area contributed by atoms with Gasteiger partial charge in [0.15, 0.2) is 24.0 Å². The number of nitrogens with one attached hydrogen (secondary N) is 1. The Hall–Kier alpha value is -3.23. The van der Waals surface area contributed by atoms with Gasteiger partial charge in [-0.2, -0.15) is 10.2 Å². The molecule has 7 nitrogen and oxygen atoms in total. The van der Waals surface area contributed by atoms with Gasteiger partial charge in [-0.15, -0.1) is 0 Å². The number of aryl methyl sites for hydroxylation is 1. The number of benzene rings is 1. The number of hydrogen-bond donors (Lipinski definition) is 1. The van der Waals surface area contributed by atoms with Crippen molar-refractivity contribution in [3.63, 3.8) is 0 Å². The maximum Gasteiger partial charge on any atom is 0.276 e. The van der Waals surface area contributed by atoms with Gasteiger partial charge in [-0.05, 0) is 32.0 Å². The molecule has 0 aliphatic carbocycles. The summed E-state index contributed by atoms with van der Waals surface area (Å²) in [5.74, 6) is -1.99. The van der Waals surface area contributed by atoms with Crippen molar-refractivity contribution in [3.05, 3.63) is 59.7 Å². The maximum absolute atomic E-state index is 13.5. The van der Waals surface area contributed by atoms with Crippen LogP contribution in [0.15, 0.2) is 36.7 Å². The maximum atomic E-state index is 13.5. The van der Waals surface area contributed by atoms with Crippen molar-refractivity contribution in [1.82, 2.24) is 19.6 Å². The number of amides is 1. The fourth-order valence-electron chi connectivity index (χ4n) is 2.36. The molecule has 0 spiro atoms. The first kappa shape index (κ1) is 17.6. The molecule has 3 rings (SSSR count). The predicted octanol–water partition coefficient (Wildman–Crippen LogP) is 2.97. The number of anilines is 1. The van der Waals surface area contributed by atoms with Crippen LogP contribution in [0.25, 0.3) is 0 Å². The molecule has 2 aromatic heterocycles. The second-order valence-corrected chi connectivity index (χ2v) is 5.50. The Labute approximate surface area is 148 Å².